The SMILES string of the molecule is CCCCCC1=C(C2=[C]([Ru])CC=C2)CC=C1. The predicted octanol–water partition coefficient (Wildman–Crippen LogP) is 4.58. The summed E-state index contributed by atoms with van der Waals surface area (Å²) in [6.45, 7) is 2.27. The van der Waals surface area contributed by atoms with Crippen LogP contribution in [0.3, 0.4) is 0 Å². The summed E-state index contributed by atoms with van der Waals surface area (Å²) in [5, 5.41) is 0. The van der Waals surface area contributed by atoms with E-state index in [9.17, 15) is 0 Å². The number of unbranched alkanes of at least 4 members (excludes halogenated alkanes) is 2. The number of hydrogen-bond donors (Lipinski definition) is 0. The molecular weight excluding hydrogens is 281 g/mol. The first-order valence-electron chi connectivity index (χ1n) is 6.26. The third kappa shape index (κ3) is 2.63. The average molecular weight is 300 g/mol. The molecule has 0 heterocycles. The summed E-state index contributed by atoms with van der Waals surface area (Å²) in [5.74, 6) is 0. The first-order valence-corrected chi connectivity index (χ1v) is 7.12. The number of hydrogen-bond acceptors (Lipinski definition) is 0. The van der Waals surface area contributed by atoms with E-state index >= 15 is 0 Å². The van der Waals surface area contributed by atoms with E-state index in [1.165, 1.54) is 35.4 Å². The monoisotopic (exact) mass is 301 g/mol. The van der Waals surface area contributed by atoms with Crippen LogP contribution in [0.25, 0.3) is 0 Å². The zero-order valence-corrected chi connectivity index (χ0v) is 11.6. The Labute approximate surface area is 109 Å². The van der Waals surface area contributed by atoms with Crippen molar-refractivity contribution in [2.45, 2.75) is 45.4 Å². The summed E-state index contributed by atoms with van der Waals surface area (Å²) in [7, 11) is 0. The summed E-state index contributed by atoms with van der Waals surface area (Å²) in [4.78, 5) is 0. The molecular formula is C15H19Ru. The summed E-state index contributed by atoms with van der Waals surface area (Å²) in [6, 6.07) is 0. The molecule has 0 aromatic rings. The summed E-state index contributed by atoms with van der Waals surface area (Å²) in [6.07, 6.45) is 16.8. The van der Waals surface area contributed by atoms with Crippen molar-refractivity contribution < 1.29 is 18.3 Å². The Bertz CT molecular complexity index is 380. The van der Waals surface area contributed by atoms with Gasteiger partial charge in [0.2, 0.25) is 0 Å². The van der Waals surface area contributed by atoms with Crippen molar-refractivity contribution in [3.63, 3.8) is 0 Å². The van der Waals surface area contributed by atoms with Gasteiger partial charge < -0.3 is 0 Å². The fraction of sp³-hybridized carbons (Fsp3) is 0.467. The Kier molecular flexibility index (Phi) is 4.35. The first kappa shape index (κ1) is 12.1. The normalized spacial score (nSPS) is 19.4. The van der Waals surface area contributed by atoms with Crippen LogP contribution in [-0.2, 0) is 18.3 Å². The third-order valence-corrected chi connectivity index (χ3v) is 4.09. The molecule has 0 fully saturated rings. The molecule has 0 aromatic carbocycles. The van der Waals surface area contributed by atoms with E-state index in [2.05, 4.69) is 49.5 Å². The van der Waals surface area contributed by atoms with E-state index in [1.807, 2.05) is 0 Å². The van der Waals surface area contributed by atoms with Crippen molar-refractivity contribution >= 4 is 0 Å². The standard InChI is InChI=1S/C15H19.Ru/c1-2-3-4-8-14-11-7-12-15(14)13-9-5-6-10-13;/h5,7,9,11H,2-4,6,8,12H2,1H3;. The molecule has 0 aromatic heterocycles. The van der Waals surface area contributed by atoms with Crippen LogP contribution in [0.1, 0.15) is 45.4 Å². The number of allylic oxidation sites excluding steroid dienone is 8. The molecule has 16 heavy (non-hydrogen) atoms. The van der Waals surface area contributed by atoms with E-state index in [0.29, 0.717) is 0 Å². The van der Waals surface area contributed by atoms with Crippen LogP contribution in [0.2, 0.25) is 0 Å². The van der Waals surface area contributed by atoms with Gasteiger partial charge in [-0.25, -0.2) is 0 Å². The summed E-state index contributed by atoms with van der Waals surface area (Å²) >= 11 is 2.79. The zero-order chi connectivity index (χ0) is 11.4. The van der Waals surface area contributed by atoms with Gasteiger partial charge in [0.1, 0.15) is 0 Å². The molecule has 0 N–H and O–H groups in total. The predicted molar refractivity (Wildman–Crippen MR) is 65.7 cm³/mol. The fourth-order valence-corrected chi connectivity index (χ4v) is 2.98. The molecule has 0 unspecified atom stereocenters. The van der Waals surface area contributed by atoms with Gasteiger partial charge in [-0.2, -0.15) is 0 Å². The maximum absolute atomic E-state index is 2.79. The van der Waals surface area contributed by atoms with E-state index in [-0.39, 0.29) is 0 Å². The molecule has 0 aliphatic heterocycles. The van der Waals surface area contributed by atoms with Crippen LogP contribution in [0.15, 0.2) is 45.2 Å². The Morgan fingerprint density at radius 2 is 1.94 bits per heavy atom. The van der Waals surface area contributed by atoms with Crippen molar-refractivity contribution in [1.82, 2.24) is 0 Å². The van der Waals surface area contributed by atoms with E-state index in [1.54, 1.807) is 11.1 Å². The molecule has 0 bridgehead atoms. The number of rotatable bonds is 5. The van der Waals surface area contributed by atoms with E-state index in [0.717, 1.165) is 12.8 Å². The van der Waals surface area contributed by atoms with Crippen LogP contribution >= 0.6 is 0 Å². The minimum absolute atomic E-state index is 1.12. The van der Waals surface area contributed by atoms with E-state index < -0.39 is 0 Å². The van der Waals surface area contributed by atoms with Crippen molar-refractivity contribution in [3.8, 4) is 0 Å². The van der Waals surface area contributed by atoms with Gasteiger partial charge in [-0.15, -0.1) is 0 Å². The van der Waals surface area contributed by atoms with Gasteiger partial charge >= 0.3 is 109 Å². The second-order valence-electron chi connectivity index (χ2n) is 4.48. The second-order valence-corrected chi connectivity index (χ2v) is 5.53. The Morgan fingerprint density at radius 1 is 1.12 bits per heavy atom. The topological polar surface area (TPSA) is 0 Å². The molecule has 0 atom stereocenters. The van der Waals surface area contributed by atoms with Crippen LogP contribution in [0.5, 0.6) is 0 Å². The molecule has 0 amide bonds. The van der Waals surface area contributed by atoms with Crippen LogP contribution in [-0.4, -0.2) is 0 Å². The van der Waals surface area contributed by atoms with Gasteiger partial charge in [-0.3, -0.25) is 0 Å². The average Bonchev–Trinajstić information content (AvgIpc) is 2.87. The van der Waals surface area contributed by atoms with Gasteiger partial charge in [0.05, 0.1) is 0 Å². The van der Waals surface area contributed by atoms with Gasteiger partial charge in [-0.1, -0.05) is 0 Å². The third-order valence-electron chi connectivity index (χ3n) is 3.27. The molecule has 2 aliphatic rings. The van der Waals surface area contributed by atoms with Gasteiger partial charge in [0.15, 0.2) is 0 Å². The van der Waals surface area contributed by atoms with Crippen molar-refractivity contribution in [1.29, 1.82) is 0 Å². The summed E-state index contributed by atoms with van der Waals surface area (Å²) < 4.78 is 1.48. The van der Waals surface area contributed by atoms with Crippen molar-refractivity contribution in [3.05, 3.63) is 45.2 Å². The Balaban J connectivity index is 2.10. The fourth-order valence-electron chi connectivity index (χ4n) is 2.37. The molecule has 0 nitrogen and oxygen atoms in total. The molecule has 0 radical (unpaired) electrons. The second kappa shape index (κ2) is 5.78. The Morgan fingerprint density at radius 3 is 2.62 bits per heavy atom. The van der Waals surface area contributed by atoms with Crippen LogP contribution in [0.4, 0.5) is 0 Å². The summed E-state index contributed by atoms with van der Waals surface area (Å²) in [5.41, 5.74) is 4.66. The zero-order valence-electron chi connectivity index (χ0n) is 9.91. The van der Waals surface area contributed by atoms with Gasteiger partial charge in [0, 0.05) is 0 Å². The molecule has 87 valence electrons. The van der Waals surface area contributed by atoms with Gasteiger partial charge in [0.25, 0.3) is 0 Å². The molecule has 2 rings (SSSR count). The molecule has 0 saturated carbocycles. The van der Waals surface area contributed by atoms with Gasteiger partial charge in [-0.05, 0) is 0 Å². The quantitative estimate of drug-likeness (QED) is 0.515. The van der Waals surface area contributed by atoms with Crippen LogP contribution < -0.4 is 0 Å². The van der Waals surface area contributed by atoms with Crippen molar-refractivity contribution in [2.75, 3.05) is 0 Å². The van der Waals surface area contributed by atoms with Crippen LogP contribution in [0, 0.1) is 0 Å². The first-order chi connectivity index (χ1) is 7.83. The van der Waals surface area contributed by atoms with Crippen molar-refractivity contribution in [2.24, 2.45) is 0 Å². The maximum atomic E-state index is 2.79. The minimum atomic E-state index is 1.12. The molecule has 2 aliphatic carbocycles. The molecule has 0 saturated heterocycles. The Hall–Kier alpha value is -0.417. The molecule has 1 heteroatoms. The molecule has 0 spiro atoms. The van der Waals surface area contributed by atoms with E-state index in [4.69, 9.17) is 0 Å².